The van der Waals surface area contributed by atoms with Crippen molar-refractivity contribution in [2.75, 3.05) is 13.2 Å². The topological polar surface area (TPSA) is 41.5 Å². The molecule has 0 aliphatic carbocycles. The molecule has 0 fully saturated rings. The van der Waals surface area contributed by atoms with Gasteiger partial charge in [0.2, 0.25) is 0 Å². The van der Waals surface area contributed by atoms with E-state index in [1.807, 2.05) is 36.4 Å². The Hall–Kier alpha value is -1.84. The summed E-state index contributed by atoms with van der Waals surface area (Å²) < 4.78 is 5.50. The van der Waals surface area contributed by atoms with Gasteiger partial charge in [0.25, 0.3) is 0 Å². The van der Waals surface area contributed by atoms with E-state index in [0.717, 1.165) is 25.3 Å². The van der Waals surface area contributed by atoms with E-state index >= 15 is 0 Å². The number of nitrogens with one attached hydrogen (secondary N) is 1. The number of hydrogen-bond acceptors (Lipinski definition) is 3. The number of rotatable bonds is 6. The predicted octanol–water partition coefficient (Wildman–Crippen LogP) is 2.31. The van der Waals surface area contributed by atoms with Crippen LogP contribution < -0.4 is 10.1 Å². The van der Waals surface area contributed by atoms with Gasteiger partial charge < -0.3 is 15.2 Å². The van der Waals surface area contributed by atoms with Gasteiger partial charge in [0.1, 0.15) is 5.75 Å². The van der Waals surface area contributed by atoms with Crippen molar-refractivity contribution in [1.82, 2.24) is 5.32 Å². The quantitative estimate of drug-likeness (QED) is 0.855. The Morgan fingerprint density at radius 3 is 2.81 bits per heavy atom. The smallest absolute Gasteiger partial charge is 0.122 e. The monoisotopic (exact) mass is 283 g/mol. The lowest BCUT2D eigenvalue weighted by molar-refractivity contribution is 0.171. The van der Waals surface area contributed by atoms with Gasteiger partial charge in [-0.2, -0.15) is 0 Å². The Balaban J connectivity index is 1.45. The Morgan fingerprint density at radius 2 is 1.95 bits per heavy atom. The Morgan fingerprint density at radius 1 is 1.10 bits per heavy atom. The molecule has 0 radical (unpaired) electrons. The first-order valence-electron chi connectivity index (χ1n) is 7.48. The molecule has 2 aromatic rings. The lowest BCUT2D eigenvalue weighted by Gasteiger charge is -2.12. The molecule has 1 heterocycles. The molecule has 3 heteroatoms. The number of fused-ring (bicyclic) bond motifs is 1. The maximum Gasteiger partial charge on any atom is 0.122 e. The summed E-state index contributed by atoms with van der Waals surface area (Å²) in [5.41, 5.74) is 3.70. The molecular formula is C18H21NO2. The van der Waals surface area contributed by atoms with Crippen LogP contribution >= 0.6 is 0 Å². The second-order valence-corrected chi connectivity index (χ2v) is 5.51. The summed E-state index contributed by atoms with van der Waals surface area (Å²) in [4.78, 5) is 0. The van der Waals surface area contributed by atoms with Crippen molar-refractivity contribution < 1.29 is 9.84 Å². The first-order chi connectivity index (χ1) is 10.3. The van der Waals surface area contributed by atoms with E-state index in [2.05, 4.69) is 17.4 Å². The fourth-order valence-electron chi connectivity index (χ4n) is 2.69. The minimum absolute atomic E-state index is 0.356. The fraction of sp³-hybridized carbons (Fsp3) is 0.333. The Bertz CT molecular complexity index is 583. The van der Waals surface area contributed by atoms with Crippen LogP contribution in [0.15, 0.2) is 48.5 Å². The summed E-state index contributed by atoms with van der Waals surface area (Å²) in [5.74, 6) is 1.02. The predicted molar refractivity (Wildman–Crippen MR) is 83.5 cm³/mol. The van der Waals surface area contributed by atoms with Crippen LogP contribution in [0, 0.1) is 0 Å². The van der Waals surface area contributed by atoms with Gasteiger partial charge in [0.15, 0.2) is 0 Å². The van der Waals surface area contributed by atoms with E-state index in [0.29, 0.717) is 13.0 Å². The van der Waals surface area contributed by atoms with Crippen molar-refractivity contribution in [3.63, 3.8) is 0 Å². The van der Waals surface area contributed by atoms with Crippen LogP contribution in [0.3, 0.4) is 0 Å². The minimum Gasteiger partial charge on any atom is -0.493 e. The van der Waals surface area contributed by atoms with Gasteiger partial charge in [-0.3, -0.25) is 0 Å². The van der Waals surface area contributed by atoms with Crippen LogP contribution in [0.25, 0.3) is 0 Å². The molecule has 1 aliphatic heterocycles. The van der Waals surface area contributed by atoms with Crippen LogP contribution in [-0.2, 0) is 19.4 Å². The average Bonchev–Trinajstić information content (AvgIpc) is 2.96. The molecule has 0 spiro atoms. The highest BCUT2D eigenvalue weighted by atomic mass is 16.5. The van der Waals surface area contributed by atoms with Gasteiger partial charge in [0.05, 0.1) is 12.7 Å². The standard InChI is InChI=1S/C18H21NO2/c20-17(11-14-4-2-1-3-5-14)13-19-12-15-6-7-18-16(10-15)8-9-21-18/h1-7,10,17,19-20H,8-9,11-13H2. The van der Waals surface area contributed by atoms with E-state index in [9.17, 15) is 5.11 Å². The summed E-state index contributed by atoms with van der Waals surface area (Å²) in [6, 6.07) is 16.4. The highest BCUT2D eigenvalue weighted by molar-refractivity contribution is 5.39. The van der Waals surface area contributed by atoms with E-state index in [1.54, 1.807) is 0 Å². The maximum absolute atomic E-state index is 10.1. The fourth-order valence-corrected chi connectivity index (χ4v) is 2.69. The first-order valence-corrected chi connectivity index (χ1v) is 7.48. The molecule has 0 aromatic heterocycles. The van der Waals surface area contributed by atoms with Gasteiger partial charge in [-0.15, -0.1) is 0 Å². The van der Waals surface area contributed by atoms with E-state index in [1.165, 1.54) is 16.7 Å². The second kappa shape index (κ2) is 6.74. The van der Waals surface area contributed by atoms with E-state index in [4.69, 9.17) is 4.74 Å². The molecule has 3 rings (SSSR count). The lowest BCUT2D eigenvalue weighted by Crippen LogP contribution is -2.28. The van der Waals surface area contributed by atoms with Crippen molar-refractivity contribution in [2.24, 2.45) is 0 Å². The zero-order valence-corrected chi connectivity index (χ0v) is 12.1. The van der Waals surface area contributed by atoms with Crippen molar-refractivity contribution in [3.05, 3.63) is 65.2 Å². The molecule has 3 nitrogen and oxygen atoms in total. The first kappa shape index (κ1) is 14.1. The number of ether oxygens (including phenoxy) is 1. The zero-order valence-electron chi connectivity index (χ0n) is 12.1. The lowest BCUT2D eigenvalue weighted by atomic mass is 10.1. The molecule has 2 N–H and O–H groups in total. The maximum atomic E-state index is 10.1. The Kier molecular flexibility index (Phi) is 4.53. The van der Waals surface area contributed by atoms with Gasteiger partial charge in [0, 0.05) is 19.5 Å². The largest absolute Gasteiger partial charge is 0.493 e. The minimum atomic E-state index is -0.356. The van der Waals surface area contributed by atoms with Crippen molar-refractivity contribution in [3.8, 4) is 5.75 Å². The molecule has 2 aromatic carbocycles. The number of aliphatic hydroxyl groups excluding tert-OH is 1. The number of benzene rings is 2. The van der Waals surface area contributed by atoms with Crippen molar-refractivity contribution >= 4 is 0 Å². The molecular weight excluding hydrogens is 262 g/mol. The number of hydrogen-bond donors (Lipinski definition) is 2. The third-order valence-corrected chi connectivity index (χ3v) is 3.78. The second-order valence-electron chi connectivity index (χ2n) is 5.51. The molecule has 1 atom stereocenters. The molecule has 0 bridgehead atoms. The highest BCUT2D eigenvalue weighted by Gasteiger charge is 2.12. The Labute approximate surface area is 125 Å². The molecule has 1 aliphatic rings. The van der Waals surface area contributed by atoms with Crippen molar-refractivity contribution in [1.29, 1.82) is 0 Å². The summed E-state index contributed by atoms with van der Waals surface area (Å²) in [5, 5.41) is 13.4. The normalized spacial score (nSPS) is 14.5. The van der Waals surface area contributed by atoms with E-state index < -0.39 is 0 Å². The molecule has 0 amide bonds. The third-order valence-electron chi connectivity index (χ3n) is 3.78. The molecule has 0 saturated carbocycles. The summed E-state index contributed by atoms with van der Waals surface area (Å²) >= 11 is 0. The van der Waals surface area contributed by atoms with Crippen LogP contribution in [0.2, 0.25) is 0 Å². The van der Waals surface area contributed by atoms with Crippen molar-refractivity contribution in [2.45, 2.75) is 25.5 Å². The number of aliphatic hydroxyl groups is 1. The van der Waals surface area contributed by atoms with Gasteiger partial charge in [-0.05, 0) is 29.2 Å². The summed E-state index contributed by atoms with van der Waals surface area (Å²) in [7, 11) is 0. The molecule has 21 heavy (non-hydrogen) atoms. The summed E-state index contributed by atoms with van der Waals surface area (Å²) in [6.45, 7) is 2.17. The van der Waals surface area contributed by atoms with Crippen LogP contribution in [0.5, 0.6) is 5.75 Å². The molecule has 1 unspecified atom stereocenters. The summed E-state index contributed by atoms with van der Waals surface area (Å²) in [6.07, 6.45) is 1.33. The molecule has 110 valence electrons. The third kappa shape index (κ3) is 3.84. The zero-order chi connectivity index (χ0) is 14.5. The average molecular weight is 283 g/mol. The molecule has 0 saturated heterocycles. The van der Waals surface area contributed by atoms with Crippen LogP contribution in [0.1, 0.15) is 16.7 Å². The van der Waals surface area contributed by atoms with Gasteiger partial charge in [-0.1, -0.05) is 42.5 Å². The van der Waals surface area contributed by atoms with Crippen LogP contribution in [-0.4, -0.2) is 24.4 Å². The van der Waals surface area contributed by atoms with Gasteiger partial charge in [-0.25, -0.2) is 0 Å². The van der Waals surface area contributed by atoms with Gasteiger partial charge >= 0.3 is 0 Å². The van der Waals surface area contributed by atoms with E-state index in [-0.39, 0.29) is 6.10 Å². The van der Waals surface area contributed by atoms with Crippen LogP contribution in [0.4, 0.5) is 0 Å². The highest BCUT2D eigenvalue weighted by Crippen LogP contribution is 2.25. The SMILES string of the molecule is OC(CNCc1ccc2c(c1)CCO2)Cc1ccccc1.